The summed E-state index contributed by atoms with van der Waals surface area (Å²) in [5.74, 6) is -0.571. The van der Waals surface area contributed by atoms with E-state index in [-0.39, 0.29) is 22.7 Å². The van der Waals surface area contributed by atoms with Crippen molar-refractivity contribution in [2.75, 3.05) is 10.6 Å². The second-order valence-electron chi connectivity index (χ2n) is 7.61. The smallest absolute Gasteiger partial charge is 0.196 e. The highest BCUT2D eigenvalue weighted by Crippen LogP contribution is 2.40. The van der Waals surface area contributed by atoms with E-state index >= 15 is 0 Å². The Morgan fingerprint density at radius 3 is 1.32 bits per heavy atom. The van der Waals surface area contributed by atoms with Crippen molar-refractivity contribution >= 4 is 80.7 Å². The van der Waals surface area contributed by atoms with Gasteiger partial charge in [-0.3, -0.25) is 9.59 Å². The first-order chi connectivity index (χ1) is 16.3. The molecule has 0 aliphatic heterocycles. The third-order valence-corrected chi connectivity index (χ3v) is 6.60. The molecule has 4 nitrogen and oxygen atoms in total. The summed E-state index contributed by atoms with van der Waals surface area (Å²) in [6.07, 6.45) is 0. The Bertz CT molecular complexity index is 1390. The molecule has 0 spiro atoms. The predicted octanol–water partition coefficient (Wildman–Crippen LogP) is 8.56. The molecule has 0 saturated carbocycles. The molecule has 4 aromatic carbocycles. The summed E-state index contributed by atoms with van der Waals surface area (Å²) in [4.78, 5) is 27.2. The van der Waals surface area contributed by atoms with Crippen LogP contribution < -0.4 is 10.6 Å². The Morgan fingerprint density at radius 2 is 0.912 bits per heavy atom. The Balaban J connectivity index is 1.70. The minimum absolute atomic E-state index is 0.225. The second-order valence-corrected chi connectivity index (χ2v) is 9.30. The van der Waals surface area contributed by atoms with Gasteiger partial charge in [0.25, 0.3) is 0 Å². The van der Waals surface area contributed by atoms with E-state index in [2.05, 4.69) is 10.6 Å². The molecule has 0 radical (unpaired) electrons. The summed E-state index contributed by atoms with van der Waals surface area (Å²) in [5, 5.41) is 8.12. The molecule has 0 atom stereocenters. The summed E-state index contributed by atoms with van der Waals surface area (Å²) in [6, 6.07) is 20.1. The van der Waals surface area contributed by atoms with Crippen molar-refractivity contribution in [1.82, 2.24) is 0 Å². The molecule has 34 heavy (non-hydrogen) atoms. The quantitative estimate of drug-likeness (QED) is 0.246. The van der Waals surface area contributed by atoms with Crippen molar-refractivity contribution in [3.63, 3.8) is 0 Å². The minimum Gasteiger partial charge on any atom is -0.354 e. The van der Waals surface area contributed by atoms with Crippen molar-refractivity contribution in [3.8, 4) is 0 Å². The zero-order valence-corrected chi connectivity index (χ0v) is 20.3. The number of anilines is 4. The number of ketones is 2. The Labute approximate surface area is 215 Å². The molecular formula is C26H14Cl4N2O2. The molecule has 0 saturated heterocycles. The molecule has 0 aromatic heterocycles. The van der Waals surface area contributed by atoms with Crippen LogP contribution >= 0.6 is 46.4 Å². The first kappa shape index (κ1) is 22.8. The third kappa shape index (κ3) is 4.04. The number of fused-ring (bicyclic) bond motifs is 2. The Morgan fingerprint density at radius 1 is 0.500 bits per heavy atom. The molecule has 0 bridgehead atoms. The summed E-state index contributed by atoms with van der Waals surface area (Å²) in [7, 11) is 0. The van der Waals surface area contributed by atoms with E-state index in [1.165, 1.54) is 0 Å². The maximum atomic E-state index is 13.6. The average Bonchev–Trinajstić information content (AvgIpc) is 2.83. The normalized spacial score (nSPS) is 12.2. The number of benzene rings is 4. The van der Waals surface area contributed by atoms with Gasteiger partial charge in [-0.05, 0) is 48.5 Å². The van der Waals surface area contributed by atoms with Crippen LogP contribution in [0.5, 0.6) is 0 Å². The van der Waals surface area contributed by atoms with Gasteiger partial charge >= 0.3 is 0 Å². The molecule has 2 N–H and O–H groups in total. The van der Waals surface area contributed by atoms with E-state index in [0.717, 1.165) is 0 Å². The van der Waals surface area contributed by atoms with Crippen LogP contribution in [0.1, 0.15) is 31.8 Å². The number of carbonyl (C=O) groups is 2. The van der Waals surface area contributed by atoms with E-state index in [1.807, 2.05) is 0 Å². The monoisotopic (exact) mass is 526 g/mol. The van der Waals surface area contributed by atoms with Gasteiger partial charge in [0.2, 0.25) is 0 Å². The van der Waals surface area contributed by atoms with E-state index in [9.17, 15) is 9.59 Å². The molecule has 1 aliphatic rings. The van der Waals surface area contributed by atoms with Gasteiger partial charge in [0.1, 0.15) is 0 Å². The Kier molecular flexibility index (Phi) is 6.00. The fourth-order valence-electron chi connectivity index (χ4n) is 3.91. The van der Waals surface area contributed by atoms with Gasteiger partial charge in [0.05, 0.1) is 43.9 Å². The standard InChI is InChI=1S/C26H14Cl4N2O2/c27-13-5-7-17(29)21(11-13)31-19-9-10-20(32-22-12-14(28)6-8-18(22)30)24-23(19)25(33)15-3-1-2-4-16(15)26(24)34/h1-12,31-32H. The van der Waals surface area contributed by atoms with Crippen LogP contribution in [0.3, 0.4) is 0 Å². The highest BCUT2D eigenvalue weighted by Gasteiger charge is 2.34. The van der Waals surface area contributed by atoms with Crippen LogP contribution in [-0.2, 0) is 0 Å². The zero-order chi connectivity index (χ0) is 24.0. The first-order valence-electron chi connectivity index (χ1n) is 10.1. The van der Waals surface area contributed by atoms with Gasteiger partial charge in [-0.2, -0.15) is 0 Å². The van der Waals surface area contributed by atoms with Crippen molar-refractivity contribution in [2.24, 2.45) is 0 Å². The maximum Gasteiger partial charge on any atom is 0.196 e. The number of hydrogen-bond donors (Lipinski definition) is 2. The lowest BCUT2D eigenvalue weighted by atomic mass is 9.82. The van der Waals surface area contributed by atoms with Crippen molar-refractivity contribution in [2.45, 2.75) is 0 Å². The van der Waals surface area contributed by atoms with Crippen LogP contribution in [0.15, 0.2) is 72.8 Å². The summed E-state index contributed by atoms with van der Waals surface area (Å²) >= 11 is 24.9. The summed E-state index contributed by atoms with van der Waals surface area (Å²) in [5.41, 5.74) is 2.98. The fraction of sp³-hybridized carbons (Fsp3) is 0. The Hall–Kier alpha value is -3.02. The molecule has 4 aromatic rings. The van der Waals surface area contributed by atoms with Gasteiger partial charge in [0.15, 0.2) is 11.6 Å². The molecular weight excluding hydrogens is 514 g/mol. The lowest BCUT2D eigenvalue weighted by Gasteiger charge is -2.24. The highest BCUT2D eigenvalue weighted by atomic mass is 35.5. The SMILES string of the molecule is O=C1c2ccccc2C(=O)c2c(Nc3cc(Cl)ccc3Cl)ccc(Nc3cc(Cl)ccc3Cl)c21. The average molecular weight is 528 g/mol. The lowest BCUT2D eigenvalue weighted by Crippen LogP contribution is -2.23. The number of halogens is 4. The van der Waals surface area contributed by atoms with Crippen LogP contribution in [0.25, 0.3) is 0 Å². The number of carbonyl (C=O) groups excluding carboxylic acids is 2. The van der Waals surface area contributed by atoms with Gasteiger partial charge < -0.3 is 10.6 Å². The van der Waals surface area contributed by atoms with Crippen LogP contribution in [-0.4, -0.2) is 11.6 Å². The van der Waals surface area contributed by atoms with E-state index < -0.39 is 0 Å². The fourth-order valence-corrected chi connectivity index (χ4v) is 4.58. The van der Waals surface area contributed by atoms with Gasteiger partial charge in [-0.15, -0.1) is 0 Å². The summed E-state index contributed by atoms with van der Waals surface area (Å²) in [6.45, 7) is 0. The van der Waals surface area contributed by atoms with Gasteiger partial charge in [-0.1, -0.05) is 70.7 Å². The molecule has 8 heteroatoms. The van der Waals surface area contributed by atoms with Gasteiger partial charge in [0, 0.05) is 21.2 Å². The zero-order valence-electron chi connectivity index (χ0n) is 17.3. The molecule has 5 rings (SSSR count). The molecule has 0 heterocycles. The highest BCUT2D eigenvalue weighted by molar-refractivity contribution is 6.37. The molecule has 0 amide bonds. The lowest BCUT2D eigenvalue weighted by molar-refractivity contribution is 0.0980. The van der Waals surface area contributed by atoms with E-state index in [0.29, 0.717) is 54.0 Å². The predicted molar refractivity (Wildman–Crippen MR) is 139 cm³/mol. The van der Waals surface area contributed by atoms with Crippen LogP contribution in [0, 0.1) is 0 Å². The van der Waals surface area contributed by atoms with Crippen molar-refractivity contribution in [3.05, 3.63) is 115 Å². The topological polar surface area (TPSA) is 58.2 Å². The van der Waals surface area contributed by atoms with E-state index in [4.69, 9.17) is 46.4 Å². The molecule has 1 aliphatic carbocycles. The third-order valence-electron chi connectivity index (χ3n) is 5.47. The summed E-state index contributed by atoms with van der Waals surface area (Å²) < 4.78 is 0. The maximum absolute atomic E-state index is 13.6. The largest absolute Gasteiger partial charge is 0.354 e. The van der Waals surface area contributed by atoms with Gasteiger partial charge in [-0.25, -0.2) is 0 Å². The van der Waals surface area contributed by atoms with Crippen molar-refractivity contribution in [1.29, 1.82) is 0 Å². The van der Waals surface area contributed by atoms with Crippen LogP contribution in [0.4, 0.5) is 22.7 Å². The number of hydrogen-bond acceptors (Lipinski definition) is 4. The molecule has 168 valence electrons. The number of rotatable bonds is 4. The second kappa shape index (κ2) is 8.97. The minimum atomic E-state index is -0.285. The first-order valence-corrected chi connectivity index (χ1v) is 11.6. The molecule has 0 fully saturated rings. The van der Waals surface area contributed by atoms with Crippen LogP contribution in [0.2, 0.25) is 20.1 Å². The number of nitrogens with one attached hydrogen (secondary N) is 2. The van der Waals surface area contributed by atoms with Crippen molar-refractivity contribution < 1.29 is 9.59 Å². The van der Waals surface area contributed by atoms with E-state index in [1.54, 1.807) is 72.8 Å². The molecule has 0 unspecified atom stereocenters.